The van der Waals surface area contributed by atoms with E-state index in [0.717, 1.165) is 30.6 Å². The van der Waals surface area contributed by atoms with Gasteiger partial charge >= 0.3 is 5.97 Å². The van der Waals surface area contributed by atoms with Crippen molar-refractivity contribution < 1.29 is 14.6 Å². The van der Waals surface area contributed by atoms with Gasteiger partial charge in [0.1, 0.15) is 17.9 Å². The quantitative estimate of drug-likeness (QED) is 0.868. The highest BCUT2D eigenvalue weighted by Gasteiger charge is 2.36. The summed E-state index contributed by atoms with van der Waals surface area (Å²) in [6.07, 6.45) is 2.78. The monoisotopic (exact) mass is 281 g/mol. The highest BCUT2D eigenvalue weighted by molar-refractivity contribution is 6.30. The molecule has 2 atom stereocenters. The van der Waals surface area contributed by atoms with Crippen LogP contribution in [0.2, 0.25) is 5.02 Å². The van der Waals surface area contributed by atoms with Crippen molar-refractivity contribution in [3.05, 3.63) is 28.8 Å². The molecular formula is C14H16ClNO3. The van der Waals surface area contributed by atoms with Crippen molar-refractivity contribution in [3.8, 4) is 5.75 Å². The summed E-state index contributed by atoms with van der Waals surface area (Å²) in [5.74, 6) is 0.381. The second-order valence-electron chi connectivity index (χ2n) is 5.26. The Hall–Kier alpha value is -1.26. The molecule has 2 aliphatic rings. The highest BCUT2D eigenvalue weighted by atomic mass is 35.5. The minimum atomic E-state index is -0.763. The molecule has 1 fully saturated rings. The number of hydrogen-bond acceptors (Lipinski definition) is 3. The van der Waals surface area contributed by atoms with Gasteiger partial charge < -0.3 is 15.2 Å². The second kappa shape index (κ2) is 5.02. The van der Waals surface area contributed by atoms with Crippen LogP contribution in [0.15, 0.2) is 18.2 Å². The number of aliphatic carboxylic acids is 1. The molecule has 19 heavy (non-hydrogen) atoms. The number of ether oxygens (including phenoxy) is 1. The lowest BCUT2D eigenvalue weighted by atomic mass is 10.1. The molecule has 4 nitrogen and oxygen atoms in total. The summed E-state index contributed by atoms with van der Waals surface area (Å²) in [6.45, 7) is 0.555. The maximum atomic E-state index is 11.1. The largest absolute Gasteiger partial charge is 0.488 e. The van der Waals surface area contributed by atoms with Crippen LogP contribution >= 0.6 is 11.6 Å². The molecule has 0 aromatic heterocycles. The number of halogens is 1. The normalized spacial score (nSPS) is 22.7. The summed E-state index contributed by atoms with van der Waals surface area (Å²) in [4.78, 5) is 11.1. The van der Waals surface area contributed by atoms with E-state index in [4.69, 9.17) is 21.4 Å². The highest BCUT2D eigenvalue weighted by Crippen LogP contribution is 2.34. The molecule has 2 N–H and O–H groups in total. The third-order valence-electron chi connectivity index (χ3n) is 3.69. The Morgan fingerprint density at radius 3 is 3.00 bits per heavy atom. The lowest BCUT2D eigenvalue weighted by molar-refractivity contribution is -0.140. The molecule has 1 heterocycles. The Labute approximate surface area is 116 Å². The number of carbonyl (C=O) groups is 1. The zero-order chi connectivity index (χ0) is 13.4. The number of rotatable bonds is 5. The first-order valence-corrected chi connectivity index (χ1v) is 6.92. The van der Waals surface area contributed by atoms with E-state index in [0.29, 0.717) is 11.6 Å². The molecule has 1 saturated carbocycles. The summed E-state index contributed by atoms with van der Waals surface area (Å²) < 4.78 is 5.78. The lowest BCUT2D eigenvalue weighted by Gasteiger charge is -2.17. The van der Waals surface area contributed by atoms with Crippen molar-refractivity contribution >= 4 is 17.6 Å². The lowest BCUT2D eigenvalue weighted by Crippen LogP contribution is -2.43. The maximum absolute atomic E-state index is 11.1. The molecule has 1 aliphatic heterocycles. The fourth-order valence-electron chi connectivity index (χ4n) is 2.55. The molecule has 0 radical (unpaired) electrons. The topological polar surface area (TPSA) is 58.6 Å². The number of nitrogens with one attached hydrogen (secondary N) is 1. The Kier molecular flexibility index (Phi) is 3.37. The number of fused-ring (bicyclic) bond motifs is 1. The van der Waals surface area contributed by atoms with E-state index < -0.39 is 12.0 Å². The first-order valence-electron chi connectivity index (χ1n) is 6.55. The molecule has 2 unspecified atom stereocenters. The van der Waals surface area contributed by atoms with Gasteiger partial charge in [-0.25, -0.2) is 0 Å². The smallest absolute Gasteiger partial charge is 0.320 e. The van der Waals surface area contributed by atoms with Gasteiger partial charge in [0, 0.05) is 18.0 Å². The number of carboxylic acid groups (broad SMARTS) is 1. The van der Waals surface area contributed by atoms with Gasteiger partial charge in [-0.2, -0.15) is 0 Å². The third-order valence-corrected chi connectivity index (χ3v) is 3.92. The van der Waals surface area contributed by atoms with Gasteiger partial charge in [0.25, 0.3) is 0 Å². The van der Waals surface area contributed by atoms with Gasteiger partial charge in [0.15, 0.2) is 0 Å². The van der Waals surface area contributed by atoms with E-state index in [1.807, 2.05) is 12.1 Å². The number of hydrogen-bond donors (Lipinski definition) is 2. The zero-order valence-electron chi connectivity index (χ0n) is 10.4. The molecule has 5 heteroatoms. The summed E-state index contributed by atoms with van der Waals surface area (Å²) in [5, 5.41) is 13.0. The predicted octanol–water partition coefficient (Wildman–Crippen LogP) is 2.10. The van der Waals surface area contributed by atoms with Crippen molar-refractivity contribution in [3.63, 3.8) is 0 Å². The zero-order valence-corrected chi connectivity index (χ0v) is 11.2. The molecule has 1 aliphatic carbocycles. The summed E-state index contributed by atoms with van der Waals surface area (Å²) in [7, 11) is 0. The molecule has 1 aromatic rings. The average molecular weight is 282 g/mol. The van der Waals surface area contributed by atoms with E-state index in [2.05, 4.69) is 5.32 Å². The van der Waals surface area contributed by atoms with Gasteiger partial charge in [-0.15, -0.1) is 0 Å². The molecule has 0 saturated heterocycles. The van der Waals surface area contributed by atoms with Crippen LogP contribution in [0.1, 0.15) is 18.4 Å². The first kappa shape index (κ1) is 12.8. The SMILES string of the molecule is O=C(O)C(NCC1Cc2cc(Cl)ccc2O1)C1CC1. The van der Waals surface area contributed by atoms with E-state index >= 15 is 0 Å². The van der Waals surface area contributed by atoms with Crippen molar-refractivity contribution in [1.82, 2.24) is 5.32 Å². The number of benzene rings is 1. The fraction of sp³-hybridized carbons (Fsp3) is 0.500. The van der Waals surface area contributed by atoms with E-state index in [1.165, 1.54) is 0 Å². The van der Waals surface area contributed by atoms with Gasteiger partial charge in [0.05, 0.1) is 0 Å². The van der Waals surface area contributed by atoms with Crippen LogP contribution in [0.5, 0.6) is 5.75 Å². The van der Waals surface area contributed by atoms with Gasteiger partial charge in [-0.05, 0) is 42.5 Å². The molecule has 102 valence electrons. The fourth-order valence-corrected chi connectivity index (χ4v) is 2.74. The number of carboxylic acids is 1. The summed E-state index contributed by atoms with van der Waals surface area (Å²) >= 11 is 5.94. The first-order chi connectivity index (χ1) is 9.13. The van der Waals surface area contributed by atoms with Crippen molar-refractivity contribution in [2.75, 3.05) is 6.54 Å². The van der Waals surface area contributed by atoms with Crippen LogP contribution in [0.25, 0.3) is 0 Å². The second-order valence-corrected chi connectivity index (χ2v) is 5.69. The predicted molar refractivity (Wildman–Crippen MR) is 71.7 cm³/mol. The van der Waals surface area contributed by atoms with Crippen molar-refractivity contribution in [2.45, 2.75) is 31.4 Å². The standard InChI is InChI=1S/C14H16ClNO3/c15-10-3-4-12-9(5-10)6-11(19-12)7-16-13(14(17)18)8-1-2-8/h3-5,8,11,13,16H,1-2,6-7H2,(H,17,18). The summed E-state index contributed by atoms with van der Waals surface area (Å²) in [6, 6.07) is 5.15. The van der Waals surface area contributed by atoms with Crippen LogP contribution in [0, 0.1) is 5.92 Å². The molecule has 1 aromatic carbocycles. The van der Waals surface area contributed by atoms with E-state index in [9.17, 15) is 4.79 Å². The minimum Gasteiger partial charge on any atom is -0.488 e. The van der Waals surface area contributed by atoms with Gasteiger partial charge in [0.2, 0.25) is 0 Å². The average Bonchev–Trinajstić information content (AvgIpc) is 3.09. The van der Waals surface area contributed by atoms with Crippen molar-refractivity contribution in [2.24, 2.45) is 5.92 Å². The molecule has 0 bridgehead atoms. The van der Waals surface area contributed by atoms with Gasteiger partial charge in [-0.1, -0.05) is 11.6 Å². The molecule has 0 spiro atoms. The van der Waals surface area contributed by atoms with Crippen molar-refractivity contribution in [1.29, 1.82) is 0 Å². The molecule has 3 rings (SSSR count). The Balaban J connectivity index is 1.57. The van der Waals surface area contributed by atoms with E-state index in [-0.39, 0.29) is 12.0 Å². The maximum Gasteiger partial charge on any atom is 0.320 e. The van der Waals surface area contributed by atoms with Crippen LogP contribution in [-0.4, -0.2) is 29.8 Å². The Morgan fingerprint density at radius 2 is 2.32 bits per heavy atom. The summed E-state index contributed by atoms with van der Waals surface area (Å²) in [5.41, 5.74) is 1.09. The van der Waals surface area contributed by atoms with Crippen LogP contribution in [-0.2, 0) is 11.2 Å². The van der Waals surface area contributed by atoms with Crippen LogP contribution < -0.4 is 10.1 Å². The van der Waals surface area contributed by atoms with E-state index in [1.54, 1.807) is 6.07 Å². The van der Waals surface area contributed by atoms with Crippen LogP contribution in [0.4, 0.5) is 0 Å². The molecule has 0 amide bonds. The van der Waals surface area contributed by atoms with Gasteiger partial charge in [-0.3, -0.25) is 4.79 Å². The molecular weight excluding hydrogens is 266 g/mol. The minimum absolute atomic E-state index is 0.00549. The Bertz CT molecular complexity index is 501. The van der Waals surface area contributed by atoms with Crippen LogP contribution in [0.3, 0.4) is 0 Å². The third kappa shape index (κ3) is 2.85. The Morgan fingerprint density at radius 1 is 1.53 bits per heavy atom.